The van der Waals surface area contributed by atoms with E-state index in [1.54, 1.807) is 7.05 Å². The molecule has 6 nitrogen and oxygen atoms in total. The first kappa shape index (κ1) is 13.8. The topological polar surface area (TPSA) is 69.2 Å². The van der Waals surface area contributed by atoms with Crippen molar-refractivity contribution in [3.05, 3.63) is 0 Å². The lowest BCUT2D eigenvalue weighted by Gasteiger charge is -2.21. The maximum Gasteiger partial charge on any atom is 0.324 e. The van der Waals surface area contributed by atoms with Crippen molar-refractivity contribution in [3.63, 3.8) is 0 Å². The van der Waals surface area contributed by atoms with Gasteiger partial charge in [-0.2, -0.15) is 9.97 Å². The highest BCUT2D eigenvalue weighted by atomic mass is 16.5. The van der Waals surface area contributed by atoms with Gasteiger partial charge in [0.1, 0.15) is 0 Å². The van der Waals surface area contributed by atoms with Gasteiger partial charge < -0.3 is 14.8 Å². The van der Waals surface area contributed by atoms with Crippen LogP contribution in [0, 0.1) is 5.92 Å². The highest BCUT2D eigenvalue weighted by Crippen LogP contribution is 2.24. The van der Waals surface area contributed by atoms with Crippen molar-refractivity contribution in [3.8, 4) is 12.0 Å². The number of hydrogen-bond donors (Lipinski definition) is 1. The normalized spacial score (nSPS) is 16.1. The van der Waals surface area contributed by atoms with E-state index in [0.29, 0.717) is 37.1 Å². The van der Waals surface area contributed by atoms with E-state index >= 15 is 0 Å². The second-order valence-corrected chi connectivity index (χ2v) is 4.72. The Kier molecular flexibility index (Phi) is 5.18. The first-order valence-corrected chi connectivity index (χ1v) is 7.01. The molecule has 1 fully saturated rings. The number of ether oxygens (including phenoxy) is 2. The van der Waals surface area contributed by atoms with Crippen LogP contribution in [0.2, 0.25) is 0 Å². The van der Waals surface area contributed by atoms with Crippen LogP contribution in [0.4, 0.5) is 5.95 Å². The smallest absolute Gasteiger partial charge is 0.324 e. The number of nitrogens with zero attached hydrogens (tertiary/aromatic N) is 3. The number of nitrogens with one attached hydrogen (secondary N) is 1. The largest absolute Gasteiger partial charge is 0.464 e. The fraction of sp³-hybridized carbons (Fsp3) is 0.769. The summed E-state index contributed by atoms with van der Waals surface area (Å²) in [5, 5.41) is 2.88. The Morgan fingerprint density at radius 3 is 2.37 bits per heavy atom. The fourth-order valence-corrected chi connectivity index (χ4v) is 2.25. The Morgan fingerprint density at radius 1 is 1.05 bits per heavy atom. The van der Waals surface area contributed by atoms with Crippen LogP contribution >= 0.6 is 0 Å². The fourth-order valence-electron chi connectivity index (χ4n) is 2.25. The molecule has 0 aliphatic heterocycles. The van der Waals surface area contributed by atoms with Crippen molar-refractivity contribution in [1.82, 2.24) is 15.0 Å². The molecule has 1 aromatic rings. The molecule has 1 aliphatic rings. The first-order chi connectivity index (χ1) is 9.31. The molecule has 0 aromatic carbocycles. The minimum absolute atomic E-state index is 0.306. The van der Waals surface area contributed by atoms with E-state index in [0.717, 1.165) is 0 Å². The average molecular weight is 266 g/mol. The summed E-state index contributed by atoms with van der Waals surface area (Å²) in [7, 11) is 1.76. The Bertz CT molecular complexity index is 394. The maximum absolute atomic E-state index is 5.69. The van der Waals surface area contributed by atoms with E-state index in [1.165, 1.54) is 32.1 Å². The van der Waals surface area contributed by atoms with Gasteiger partial charge in [-0.25, -0.2) is 0 Å². The van der Waals surface area contributed by atoms with Gasteiger partial charge in [-0.3, -0.25) is 0 Å². The third-order valence-electron chi connectivity index (χ3n) is 3.26. The van der Waals surface area contributed by atoms with Crippen LogP contribution in [0.5, 0.6) is 12.0 Å². The third-order valence-corrected chi connectivity index (χ3v) is 3.26. The van der Waals surface area contributed by atoms with Gasteiger partial charge in [0.2, 0.25) is 5.95 Å². The van der Waals surface area contributed by atoms with E-state index in [-0.39, 0.29) is 0 Å². The molecule has 0 bridgehead atoms. The van der Waals surface area contributed by atoms with Crippen molar-refractivity contribution < 1.29 is 9.47 Å². The summed E-state index contributed by atoms with van der Waals surface area (Å²) in [4.78, 5) is 12.4. The van der Waals surface area contributed by atoms with Crippen LogP contribution in [0.25, 0.3) is 0 Å². The second kappa shape index (κ2) is 7.11. The quantitative estimate of drug-likeness (QED) is 0.851. The van der Waals surface area contributed by atoms with Crippen LogP contribution in [-0.4, -0.2) is 35.2 Å². The van der Waals surface area contributed by atoms with Gasteiger partial charge in [-0.1, -0.05) is 19.3 Å². The van der Waals surface area contributed by atoms with Crippen molar-refractivity contribution in [2.45, 2.75) is 39.0 Å². The lowest BCUT2D eigenvalue weighted by molar-refractivity contribution is 0.192. The zero-order chi connectivity index (χ0) is 13.5. The number of hydrogen-bond acceptors (Lipinski definition) is 6. The number of rotatable bonds is 6. The molecule has 6 heteroatoms. The molecule has 0 atom stereocenters. The Labute approximate surface area is 114 Å². The summed E-state index contributed by atoms with van der Waals surface area (Å²) < 4.78 is 11.0. The van der Waals surface area contributed by atoms with Crippen LogP contribution < -0.4 is 14.8 Å². The van der Waals surface area contributed by atoms with E-state index in [2.05, 4.69) is 20.3 Å². The number of aromatic nitrogens is 3. The van der Waals surface area contributed by atoms with Crippen molar-refractivity contribution >= 4 is 5.95 Å². The molecule has 0 amide bonds. The molecule has 2 rings (SSSR count). The first-order valence-electron chi connectivity index (χ1n) is 7.01. The zero-order valence-corrected chi connectivity index (χ0v) is 11.7. The van der Waals surface area contributed by atoms with Crippen molar-refractivity contribution in [1.29, 1.82) is 0 Å². The van der Waals surface area contributed by atoms with Gasteiger partial charge in [0.15, 0.2) is 0 Å². The van der Waals surface area contributed by atoms with Gasteiger partial charge >= 0.3 is 12.0 Å². The van der Waals surface area contributed by atoms with E-state index in [1.807, 2.05) is 6.92 Å². The summed E-state index contributed by atoms with van der Waals surface area (Å²) >= 11 is 0. The lowest BCUT2D eigenvalue weighted by Crippen LogP contribution is -2.17. The Balaban J connectivity index is 1.95. The predicted molar refractivity (Wildman–Crippen MR) is 72.6 cm³/mol. The minimum atomic E-state index is 0.306. The summed E-state index contributed by atoms with van der Waals surface area (Å²) in [5.41, 5.74) is 0. The third kappa shape index (κ3) is 4.22. The Morgan fingerprint density at radius 2 is 1.74 bits per heavy atom. The standard InChI is InChI=1S/C13H22N4O2/c1-3-18-12-15-11(14-2)16-13(17-12)19-9-10-7-5-4-6-8-10/h10H,3-9H2,1-2H3,(H,14,15,16,17). The summed E-state index contributed by atoms with van der Waals surface area (Å²) in [6.45, 7) is 3.10. The van der Waals surface area contributed by atoms with Gasteiger partial charge in [0.25, 0.3) is 0 Å². The van der Waals surface area contributed by atoms with Gasteiger partial charge in [-0.15, -0.1) is 4.98 Å². The molecule has 19 heavy (non-hydrogen) atoms. The molecule has 1 saturated carbocycles. The molecule has 1 heterocycles. The second-order valence-electron chi connectivity index (χ2n) is 4.72. The predicted octanol–water partition coefficient (Wildman–Crippen LogP) is 2.27. The summed E-state index contributed by atoms with van der Waals surface area (Å²) in [5.74, 6) is 1.09. The molecule has 1 N–H and O–H groups in total. The molecule has 1 aromatic heterocycles. The van der Waals surface area contributed by atoms with E-state index in [4.69, 9.17) is 9.47 Å². The molecule has 1 aliphatic carbocycles. The lowest BCUT2D eigenvalue weighted by atomic mass is 9.90. The van der Waals surface area contributed by atoms with Crippen LogP contribution in [0.15, 0.2) is 0 Å². The van der Waals surface area contributed by atoms with E-state index < -0.39 is 0 Å². The average Bonchev–Trinajstić information content (AvgIpc) is 2.46. The van der Waals surface area contributed by atoms with Crippen molar-refractivity contribution in [2.75, 3.05) is 25.6 Å². The molecule has 106 valence electrons. The monoisotopic (exact) mass is 266 g/mol. The summed E-state index contributed by atoms with van der Waals surface area (Å²) in [6, 6.07) is 0.647. The molecule has 0 saturated heterocycles. The Hall–Kier alpha value is -1.59. The molecule has 0 radical (unpaired) electrons. The number of anilines is 1. The van der Waals surface area contributed by atoms with Crippen LogP contribution in [0.1, 0.15) is 39.0 Å². The molecular weight excluding hydrogens is 244 g/mol. The highest BCUT2D eigenvalue weighted by Gasteiger charge is 2.15. The molecular formula is C13H22N4O2. The highest BCUT2D eigenvalue weighted by molar-refractivity contribution is 5.26. The van der Waals surface area contributed by atoms with Crippen LogP contribution in [-0.2, 0) is 0 Å². The molecule has 0 spiro atoms. The maximum atomic E-state index is 5.69. The van der Waals surface area contributed by atoms with E-state index in [9.17, 15) is 0 Å². The van der Waals surface area contributed by atoms with Gasteiger partial charge in [0, 0.05) is 7.05 Å². The molecule has 0 unspecified atom stereocenters. The summed E-state index contributed by atoms with van der Waals surface area (Å²) in [6.07, 6.45) is 6.43. The van der Waals surface area contributed by atoms with Gasteiger partial charge in [-0.05, 0) is 25.7 Å². The zero-order valence-electron chi connectivity index (χ0n) is 11.7. The van der Waals surface area contributed by atoms with Crippen molar-refractivity contribution in [2.24, 2.45) is 5.92 Å². The minimum Gasteiger partial charge on any atom is -0.464 e. The van der Waals surface area contributed by atoms with Crippen LogP contribution in [0.3, 0.4) is 0 Å². The van der Waals surface area contributed by atoms with Gasteiger partial charge in [0.05, 0.1) is 13.2 Å². The SMILES string of the molecule is CCOc1nc(NC)nc(OCC2CCCCC2)n1.